The maximum atomic E-state index is 10.7. The molecule has 0 heterocycles. The van der Waals surface area contributed by atoms with Gasteiger partial charge in [-0.05, 0) is 48.5 Å². The van der Waals surface area contributed by atoms with Crippen molar-refractivity contribution < 1.29 is 17.2 Å². The Bertz CT molecular complexity index is 722. The van der Waals surface area contributed by atoms with E-state index in [4.69, 9.17) is 15.2 Å². The highest BCUT2D eigenvalue weighted by Gasteiger charge is 2.07. The Morgan fingerprint density at radius 3 is 1.59 bits per heavy atom. The predicted octanol–water partition coefficient (Wildman–Crippen LogP) is 2.95. The van der Waals surface area contributed by atoms with Gasteiger partial charge in [-0.1, -0.05) is 40.3 Å². The third-order valence-electron chi connectivity index (χ3n) is 2.11. The fourth-order valence-corrected chi connectivity index (χ4v) is 2.82. The van der Waals surface area contributed by atoms with Gasteiger partial charge < -0.3 is 4.55 Å². The summed E-state index contributed by atoms with van der Waals surface area (Å²) in [7, 11) is 1.50. The van der Waals surface area contributed by atoms with E-state index in [1.807, 2.05) is 0 Å². The summed E-state index contributed by atoms with van der Waals surface area (Å²) in [5.74, 6) is 0. The highest BCUT2D eigenvalue weighted by molar-refractivity contribution is 9.10. The minimum atomic E-state index is -3.57. The molecule has 0 spiro atoms. The van der Waals surface area contributed by atoms with Gasteiger partial charge in [0.1, 0.15) is 0 Å². The van der Waals surface area contributed by atoms with Gasteiger partial charge in [-0.15, -0.1) is 0 Å². The average molecular weight is 491 g/mol. The molecule has 0 aliphatic carbocycles. The standard InChI is InChI=1S/C6H4BrClO2S.C6H5BrO2S.BH4/c7-5-1-3-6(4-2-5)11(8,9)10;7-5-1-3-6(4-2-5)10(8)9;/h1-4H;1-4H,(H,8,9);1H4/q;;-1. The van der Waals surface area contributed by atoms with Crippen LogP contribution < -0.4 is 0 Å². The number of rotatable bonds is 2. The third kappa shape index (κ3) is 7.89. The monoisotopic (exact) mass is 489 g/mol. The Hall–Kier alpha value is -0.185. The summed E-state index contributed by atoms with van der Waals surface area (Å²) in [4.78, 5) is 0.533. The molecule has 1 unspecified atom stereocenters. The molecule has 1 N–H and O–H groups in total. The van der Waals surface area contributed by atoms with Crippen LogP contribution in [0.3, 0.4) is 0 Å². The SMILES string of the molecule is O=S(=O)(Cl)c1ccc(Br)cc1.O=S(O)c1ccc(Br)cc1.[BH4-]. The lowest BCUT2D eigenvalue weighted by Crippen LogP contribution is -1.88. The fraction of sp³-hybridized carbons (Fsp3) is 0. The number of benzene rings is 2. The maximum absolute atomic E-state index is 10.7. The van der Waals surface area contributed by atoms with E-state index in [0.29, 0.717) is 4.90 Å². The van der Waals surface area contributed by atoms with E-state index in [2.05, 4.69) is 31.9 Å². The van der Waals surface area contributed by atoms with E-state index < -0.39 is 20.1 Å². The van der Waals surface area contributed by atoms with Crippen molar-refractivity contribution in [3.63, 3.8) is 0 Å². The van der Waals surface area contributed by atoms with Crippen molar-refractivity contribution in [2.45, 2.75) is 9.79 Å². The molecule has 0 aliphatic rings. The maximum Gasteiger partial charge on any atom is 0.261 e. The second-order valence-corrected chi connectivity index (χ2v) is 8.96. The molecule has 10 heteroatoms. The van der Waals surface area contributed by atoms with Crippen LogP contribution in [-0.2, 0) is 20.1 Å². The molecule has 22 heavy (non-hydrogen) atoms. The Balaban J connectivity index is 0.000000385. The van der Waals surface area contributed by atoms with Gasteiger partial charge in [0.2, 0.25) is 0 Å². The van der Waals surface area contributed by atoms with E-state index in [1.54, 1.807) is 36.4 Å². The van der Waals surface area contributed by atoms with Crippen LogP contribution in [0.25, 0.3) is 0 Å². The minimum Gasteiger partial charge on any atom is -0.302 e. The van der Waals surface area contributed by atoms with Crippen LogP contribution in [-0.4, -0.2) is 25.6 Å². The molecular weight excluding hydrogens is 478 g/mol. The van der Waals surface area contributed by atoms with Crippen LogP contribution in [0.5, 0.6) is 0 Å². The summed E-state index contributed by atoms with van der Waals surface area (Å²) >= 11 is 4.53. The van der Waals surface area contributed by atoms with Gasteiger partial charge >= 0.3 is 0 Å². The van der Waals surface area contributed by atoms with Crippen molar-refractivity contribution in [2.24, 2.45) is 0 Å². The van der Waals surface area contributed by atoms with Gasteiger partial charge in [0.25, 0.3) is 9.05 Å². The summed E-state index contributed by atoms with van der Waals surface area (Å²) in [6.07, 6.45) is 0. The van der Waals surface area contributed by atoms with Crippen LogP contribution >= 0.6 is 42.5 Å². The third-order valence-corrected chi connectivity index (χ3v) is 5.21. The van der Waals surface area contributed by atoms with Crippen molar-refractivity contribution in [2.75, 3.05) is 0 Å². The largest absolute Gasteiger partial charge is 0.302 e. The molecule has 2 aromatic rings. The zero-order valence-electron chi connectivity index (χ0n) is 10.2. The molecule has 0 saturated carbocycles. The second kappa shape index (κ2) is 9.84. The zero-order valence-corrected chi connectivity index (χ0v) is 15.8. The van der Waals surface area contributed by atoms with Crippen molar-refractivity contribution >= 4 is 71.1 Å². The molecule has 2 aromatic carbocycles. The summed E-state index contributed by atoms with van der Waals surface area (Å²) in [6.45, 7) is 0. The Kier molecular flexibility index (Phi) is 9.76. The highest BCUT2D eigenvalue weighted by Crippen LogP contribution is 2.17. The van der Waals surface area contributed by atoms with Crippen LogP contribution in [0.15, 0.2) is 67.3 Å². The molecule has 2 rings (SSSR count). The fourth-order valence-electron chi connectivity index (χ4n) is 1.15. The highest BCUT2D eigenvalue weighted by atomic mass is 79.9. The molecule has 0 aromatic heterocycles. The van der Waals surface area contributed by atoms with Crippen LogP contribution in [0.1, 0.15) is 0 Å². The summed E-state index contributed by atoms with van der Waals surface area (Å²) in [5, 5.41) is 0. The van der Waals surface area contributed by atoms with Crippen molar-refractivity contribution in [3.8, 4) is 0 Å². The summed E-state index contributed by atoms with van der Waals surface area (Å²) < 4.78 is 42.1. The van der Waals surface area contributed by atoms with Gasteiger partial charge in [-0.25, -0.2) is 12.6 Å². The molecule has 0 bridgehead atoms. The average Bonchev–Trinajstić information content (AvgIpc) is 2.39. The first kappa shape index (κ1) is 21.8. The first-order valence-corrected chi connectivity index (χ1v) is 10.3. The van der Waals surface area contributed by atoms with E-state index >= 15 is 0 Å². The van der Waals surface area contributed by atoms with Gasteiger partial charge in [0.15, 0.2) is 11.1 Å². The molecular formula is C12H13BBr2ClO4S2-. The van der Waals surface area contributed by atoms with E-state index in [0.717, 1.165) is 8.95 Å². The Morgan fingerprint density at radius 1 is 0.909 bits per heavy atom. The van der Waals surface area contributed by atoms with Crippen molar-refractivity contribution in [1.82, 2.24) is 0 Å². The smallest absolute Gasteiger partial charge is 0.261 e. The topological polar surface area (TPSA) is 71.4 Å². The van der Waals surface area contributed by atoms with Crippen LogP contribution in [0.2, 0.25) is 0 Å². The first-order valence-electron chi connectivity index (χ1n) is 5.27. The van der Waals surface area contributed by atoms with Crippen molar-refractivity contribution in [1.29, 1.82) is 0 Å². The molecule has 0 amide bonds. The van der Waals surface area contributed by atoms with Gasteiger partial charge in [-0.2, -0.15) is 0 Å². The van der Waals surface area contributed by atoms with Crippen LogP contribution in [0, 0.1) is 0 Å². The second-order valence-electron chi connectivity index (χ2n) is 3.59. The quantitative estimate of drug-likeness (QED) is 0.399. The molecule has 0 saturated heterocycles. The van der Waals surface area contributed by atoms with Gasteiger partial charge in [0.05, 0.1) is 9.79 Å². The molecule has 1 atom stereocenters. The Labute approximate surface area is 154 Å². The lowest BCUT2D eigenvalue weighted by atomic mass is 10.4. The lowest BCUT2D eigenvalue weighted by molar-refractivity contribution is 0.564. The van der Waals surface area contributed by atoms with E-state index in [-0.39, 0.29) is 13.3 Å². The summed E-state index contributed by atoms with van der Waals surface area (Å²) in [5.41, 5.74) is 0. The van der Waals surface area contributed by atoms with Crippen LogP contribution in [0.4, 0.5) is 0 Å². The number of hydrogen-bond acceptors (Lipinski definition) is 3. The predicted molar refractivity (Wildman–Crippen MR) is 102 cm³/mol. The Morgan fingerprint density at radius 2 is 1.27 bits per heavy atom. The summed E-state index contributed by atoms with van der Waals surface area (Å²) in [6, 6.07) is 12.8. The molecule has 0 fully saturated rings. The normalized spacial score (nSPS) is 11.6. The zero-order chi connectivity index (χ0) is 16.0. The molecule has 122 valence electrons. The van der Waals surface area contributed by atoms with Gasteiger partial charge in [-0.3, -0.25) is 0 Å². The number of hydrogen-bond donors (Lipinski definition) is 1. The number of halogens is 3. The van der Waals surface area contributed by atoms with E-state index in [1.165, 1.54) is 12.1 Å². The molecule has 0 radical (unpaired) electrons. The van der Waals surface area contributed by atoms with Crippen molar-refractivity contribution in [3.05, 3.63) is 57.5 Å². The molecule has 4 nitrogen and oxygen atoms in total. The lowest BCUT2D eigenvalue weighted by Gasteiger charge is -1.93. The minimum absolute atomic E-state index is 0. The van der Waals surface area contributed by atoms with Gasteiger partial charge in [0, 0.05) is 19.6 Å². The first-order chi connectivity index (χ1) is 9.70. The molecule has 0 aliphatic heterocycles. The van der Waals surface area contributed by atoms with E-state index in [9.17, 15) is 12.6 Å².